The Morgan fingerprint density at radius 2 is 1.19 bits per heavy atom. The zero-order valence-electron chi connectivity index (χ0n) is 19.0. The molecule has 0 unspecified atom stereocenters. The maximum absolute atomic E-state index is 12.3. The molecule has 2 aromatic carbocycles. The molecule has 0 saturated carbocycles. The van der Waals surface area contributed by atoms with E-state index in [1.54, 1.807) is 24.3 Å². The van der Waals surface area contributed by atoms with Crippen LogP contribution in [0.1, 0.15) is 31.9 Å². The van der Waals surface area contributed by atoms with Crippen molar-refractivity contribution in [1.29, 1.82) is 0 Å². The van der Waals surface area contributed by atoms with Crippen molar-refractivity contribution in [2.75, 3.05) is 27.3 Å². The van der Waals surface area contributed by atoms with Crippen molar-refractivity contribution in [3.63, 3.8) is 0 Å². The number of barbiturate groups is 1. The minimum absolute atomic E-state index is 0.0610. The van der Waals surface area contributed by atoms with Crippen LogP contribution in [0.5, 0.6) is 11.5 Å². The van der Waals surface area contributed by atoms with E-state index in [0.717, 1.165) is 15.5 Å². The van der Waals surface area contributed by atoms with Crippen molar-refractivity contribution in [3.05, 3.63) is 65.2 Å². The van der Waals surface area contributed by atoms with Gasteiger partial charge in [-0.05, 0) is 46.9 Å². The van der Waals surface area contributed by atoms with Crippen molar-refractivity contribution < 1.29 is 23.9 Å². The van der Waals surface area contributed by atoms with Gasteiger partial charge in [0.2, 0.25) is 0 Å². The van der Waals surface area contributed by atoms with Gasteiger partial charge >= 0.3 is 6.03 Å². The van der Waals surface area contributed by atoms with Crippen LogP contribution in [0.4, 0.5) is 4.79 Å². The molecule has 1 heterocycles. The summed E-state index contributed by atoms with van der Waals surface area (Å²) in [6.45, 7) is 7.27. The highest BCUT2D eigenvalue weighted by molar-refractivity contribution is 6.30. The number of likely N-dealkylation sites (N-methyl/N-ethyl adjacent to an activating group) is 2. The molecule has 7 heteroatoms. The van der Waals surface area contributed by atoms with Crippen LogP contribution in [-0.2, 0) is 15.0 Å². The molecular weight excluding hydrogens is 408 g/mol. The van der Waals surface area contributed by atoms with Gasteiger partial charge in [-0.15, -0.1) is 0 Å². The van der Waals surface area contributed by atoms with Crippen molar-refractivity contribution in [3.8, 4) is 11.5 Å². The lowest BCUT2D eigenvalue weighted by molar-refractivity contribution is -0.134. The molecule has 7 nitrogen and oxygen atoms in total. The summed E-state index contributed by atoms with van der Waals surface area (Å²) in [6, 6.07) is 14.4. The number of carbonyl (C=O) groups is 3. The molecule has 2 aromatic rings. The first-order valence-electron chi connectivity index (χ1n) is 10.4. The summed E-state index contributed by atoms with van der Waals surface area (Å²) in [5.74, 6) is 0.195. The van der Waals surface area contributed by atoms with Gasteiger partial charge in [0.15, 0.2) is 0 Å². The molecular formula is C25H28N2O5. The van der Waals surface area contributed by atoms with Crippen molar-refractivity contribution in [2.24, 2.45) is 0 Å². The monoisotopic (exact) mass is 436 g/mol. The highest BCUT2D eigenvalue weighted by atomic mass is 16.5. The topological polar surface area (TPSA) is 76.2 Å². The van der Waals surface area contributed by atoms with Gasteiger partial charge in [-0.3, -0.25) is 19.4 Å². The van der Waals surface area contributed by atoms with Crippen LogP contribution < -0.4 is 9.47 Å². The minimum atomic E-state index is -0.645. The summed E-state index contributed by atoms with van der Waals surface area (Å²) in [4.78, 5) is 38.2. The fourth-order valence-electron chi connectivity index (χ4n) is 3.17. The van der Waals surface area contributed by atoms with Gasteiger partial charge < -0.3 is 9.47 Å². The van der Waals surface area contributed by atoms with Crippen LogP contribution in [0.2, 0.25) is 0 Å². The lowest BCUT2D eigenvalue weighted by atomic mass is 9.87. The Hall–Kier alpha value is -3.61. The Balaban J connectivity index is 1.54. The van der Waals surface area contributed by atoms with Gasteiger partial charge in [-0.25, -0.2) is 4.79 Å². The van der Waals surface area contributed by atoms with E-state index in [-0.39, 0.29) is 11.0 Å². The lowest BCUT2D eigenvalue weighted by Gasteiger charge is -2.28. The van der Waals surface area contributed by atoms with Crippen LogP contribution in [0.3, 0.4) is 0 Å². The number of hydrogen-bond donors (Lipinski definition) is 0. The van der Waals surface area contributed by atoms with Crippen LogP contribution in [0.15, 0.2) is 54.1 Å². The smallest absolute Gasteiger partial charge is 0.333 e. The predicted octanol–water partition coefficient (Wildman–Crippen LogP) is 3.88. The number of carbonyl (C=O) groups excluding carboxylic acids is 3. The fourth-order valence-corrected chi connectivity index (χ4v) is 3.17. The summed E-state index contributed by atoms with van der Waals surface area (Å²) in [7, 11) is 2.69. The third kappa shape index (κ3) is 5.17. The third-order valence-corrected chi connectivity index (χ3v) is 5.18. The van der Waals surface area contributed by atoms with E-state index in [1.165, 1.54) is 25.7 Å². The molecule has 1 aliphatic rings. The van der Waals surface area contributed by atoms with Gasteiger partial charge in [-0.1, -0.05) is 45.0 Å². The van der Waals surface area contributed by atoms with E-state index in [9.17, 15) is 14.4 Å². The first kappa shape index (κ1) is 23.1. The number of ether oxygens (including phenoxy) is 2. The van der Waals surface area contributed by atoms with Gasteiger partial charge in [0, 0.05) is 14.1 Å². The summed E-state index contributed by atoms with van der Waals surface area (Å²) < 4.78 is 11.4. The molecule has 32 heavy (non-hydrogen) atoms. The minimum Gasteiger partial charge on any atom is -0.490 e. The summed E-state index contributed by atoms with van der Waals surface area (Å²) in [5.41, 5.74) is 1.94. The number of urea groups is 1. The fraction of sp³-hybridized carbons (Fsp3) is 0.320. The normalized spacial score (nSPS) is 14.7. The van der Waals surface area contributed by atoms with Crippen LogP contribution in [0, 0.1) is 0 Å². The van der Waals surface area contributed by atoms with E-state index in [2.05, 4.69) is 32.9 Å². The predicted molar refractivity (Wildman–Crippen MR) is 121 cm³/mol. The maximum Gasteiger partial charge on any atom is 0.333 e. The van der Waals surface area contributed by atoms with Crippen LogP contribution >= 0.6 is 0 Å². The second-order valence-corrected chi connectivity index (χ2v) is 8.61. The SMILES string of the molecule is CN1C(=O)C(=Cc2ccc(OCCOc3ccc(C(C)(C)C)cc3)cc2)C(=O)N(C)C1=O. The molecule has 1 aliphatic heterocycles. The van der Waals surface area contributed by atoms with E-state index >= 15 is 0 Å². The largest absolute Gasteiger partial charge is 0.490 e. The summed E-state index contributed by atoms with van der Waals surface area (Å²) >= 11 is 0. The van der Waals surface area contributed by atoms with Gasteiger partial charge in [0.1, 0.15) is 30.3 Å². The van der Waals surface area contributed by atoms with E-state index in [0.29, 0.717) is 24.5 Å². The highest BCUT2D eigenvalue weighted by Crippen LogP contribution is 2.24. The Labute approximate surface area is 188 Å². The second kappa shape index (κ2) is 9.26. The number of benzene rings is 2. The molecule has 3 rings (SSSR count). The number of imide groups is 2. The molecule has 168 valence electrons. The zero-order chi connectivity index (χ0) is 23.5. The Morgan fingerprint density at radius 1 is 0.750 bits per heavy atom. The zero-order valence-corrected chi connectivity index (χ0v) is 19.0. The molecule has 0 bridgehead atoms. The molecule has 0 spiro atoms. The second-order valence-electron chi connectivity index (χ2n) is 8.61. The number of nitrogens with zero attached hydrogens (tertiary/aromatic N) is 2. The van der Waals surface area contributed by atoms with Crippen molar-refractivity contribution in [2.45, 2.75) is 26.2 Å². The molecule has 0 aliphatic carbocycles. The average molecular weight is 437 g/mol. The summed E-state index contributed by atoms with van der Waals surface area (Å²) in [5, 5.41) is 0. The van der Waals surface area contributed by atoms with Crippen molar-refractivity contribution in [1.82, 2.24) is 9.80 Å². The Kier molecular flexibility index (Phi) is 6.67. The molecule has 1 fully saturated rings. The van der Waals surface area contributed by atoms with Gasteiger partial charge in [0.25, 0.3) is 11.8 Å². The highest BCUT2D eigenvalue weighted by Gasteiger charge is 2.37. The summed E-state index contributed by atoms with van der Waals surface area (Å²) in [6.07, 6.45) is 1.47. The molecule has 0 N–H and O–H groups in total. The van der Waals surface area contributed by atoms with Crippen molar-refractivity contribution >= 4 is 23.9 Å². The van der Waals surface area contributed by atoms with Crippen LogP contribution in [0.25, 0.3) is 6.08 Å². The van der Waals surface area contributed by atoms with Crippen LogP contribution in [-0.4, -0.2) is 55.0 Å². The number of hydrogen-bond acceptors (Lipinski definition) is 5. The lowest BCUT2D eigenvalue weighted by Crippen LogP contribution is -2.52. The molecule has 0 radical (unpaired) electrons. The molecule has 1 saturated heterocycles. The molecule has 4 amide bonds. The Bertz CT molecular complexity index is 1010. The molecule has 0 atom stereocenters. The van der Waals surface area contributed by atoms with E-state index in [4.69, 9.17) is 9.47 Å². The number of amides is 4. The van der Waals surface area contributed by atoms with Gasteiger partial charge in [0.05, 0.1) is 0 Å². The quantitative estimate of drug-likeness (QED) is 0.390. The molecule has 0 aromatic heterocycles. The standard InChI is InChI=1S/C25H28N2O5/c1-25(2,3)18-8-12-20(13-9-18)32-15-14-31-19-10-6-17(7-11-19)16-21-22(28)26(4)24(30)27(5)23(21)29/h6-13,16H,14-15H2,1-5H3. The third-order valence-electron chi connectivity index (χ3n) is 5.18. The first-order valence-corrected chi connectivity index (χ1v) is 10.4. The Morgan fingerprint density at radius 3 is 1.62 bits per heavy atom. The first-order chi connectivity index (χ1) is 15.1. The van der Waals surface area contributed by atoms with E-state index < -0.39 is 17.8 Å². The average Bonchev–Trinajstić information content (AvgIpc) is 2.77. The van der Waals surface area contributed by atoms with Gasteiger partial charge in [-0.2, -0.15) is 0 Å². The number of rotatable bonds is 6. The maximum atomic E-state index is 12.3. The van der Waals surface area contributed by atoms with E-state index in [1.807, 2.05) is 12.1 Å².